The minimum Gasteiger partial charge on any atom is -0.310 e. The molecule has 62 heavy (non-hydrogen) atoms. The van der Waals surface area contributed by atoms with Gasteiger partial charge in [-0.2, -0.15) is 0 Å². The molecule has 1 heteroatoms. The summed E-state index contributed by atoms with van der Waals surface area (Å²) in [7, 11) is 0. The summed E-state index contributed by atoms with van der Waals surface area (Å²) in [5.41, 5.74) is 19.7. The molecule has 4 aliphatic carbocycles. The molecule has 8 aromatic rings. The number of hydrogen-bond donors (Lipinski definition) is 0. The van der Waals surface area contributed by atoms with Gasteiger partial charge in [0.05, 0.1) is 11.1 Å². The van der Waals surface area contributed by atoms with Gasteiger partial charge in [-0.3, -0.25) is 0 Å². The van der Waals surface area contributed by atoms with E-state index in [0.717, 1.165) is 11.4 Å². The Morgan fingerprint density at radius 3 is 1.90 bits per heavy atom. The molecule has 0 fully saturated rings. The molecule has 0 radical (unpaired) electrons. The van der Waals surface area contributed by atoms with Crippen LogP contribution >= 0.6 is 0 Å². The zero-order valence-electron chi connectivity index (χ0n) is 36.1. The molecule has 0 heterocycles. The molecule has 4 aliphatic rings. The molecular weight excluding hydrogens is 747 g/mol. The van der Waals surface area contributed by atoms with E-state index in [1.165, 1.54) is 96.1 Å². The molecule has 3 atom stereocenters. The highest BCUT2D eigenvalue weighted by atomic mass is 15.1. The Labute approximate surface area is 366 Å². The average molecular weight is 798 g/mol. The molecule has 0 N–H and O–H groups in total. The van der Waals surface area contributed by atoms with Crippen molar-refractivity contribution in [2.75, 3.05) is 4.90 Å². The first-order valence-electron chi connectivity index (χ1n) is 22.6. The Morgan fingerprint density at radius 1 is 0.419 bits per heavy atom. The highest BCUT2D eigenvalue weighted by Crippen LogP contribution is 2.66. The van der Waals surface area contributed by atoms with Gasteiger partial charge in [-0.15, -0.1) is 0 Å². The molecule has 0 saturated carbocycles. The number of benzene rings is 8. The summed E-state index contributed by atoms with van der Waals surface area (Å²) in [6.07, 6.45) is 11.9. The van der Waals surface area contributed by atoms with Crippen LogP contribution in [0.2, 0.25) is 0 Å². The fraction of sp³-hybridized carbons (Fsp3) is 0.180. The van der Waals surface area contributed by atoms with Crippen molar-refractivity contribution in [3.05, 3.63) is 234 Å². The number of allylic oxidation sites excluding steroid dienone is 4. The Balaban J connectivity index is 1.11. The van der Waals surface area contributed by atoms with E-state index in [2.05, 4.69) is 233 Å². The second kappa shape index (κ2) is 13.7. The average Bonchev–Trinajstić information content (AvgIpc) is 3.77. The molecule has 0 saturated heterocycles. The molecular formula is C61H51N. The van der Waals surface area contributed by atoms with Crippen molar-refractivity contribution < 1.29 is 0 Å². The first kappa shape index (κ1) is 37.1. The fourth-order valence-corrected chi connectivity index (χ4v) is 12.0. The maximum absolute atomic E-state index is 2.58. The van der Waals surface area contributed by atoms with Crippen LogP contribution in [0, 0.1) is 5.92 Å². The van der Waals surface area contributed by atoms with Crippen LogP contribution in [0.15, 0.2) is 200 Å². The van der Waals surface area contributed by atoms with Crippen molar-refractivity contribution in [2.45, 2.75) is 62.7 Å². The van der Waals surface area contributed by atoms with E-state index >= 15 is 0 Å². The van der Waals surface area contributed by atoms with Crippen LogP contribution in [-0.4, -0.2) is 0 Å². The normalized spacial score (nSPS) is 20.6. The number of hydrogen-bond acceptors (Lipinski definition) is 1. The zero-order chi connectivity index (χ0) is 41.8. The number of fused-ring (bicyclic) bond motifs is 12. The summed E-state index contributed by atoms with van der Waals surface area (Å²) in [4.78, 5) is 2.51. The molecule has 1 spiro atoms. The van der Waals surface area contributed by atoms with Crippen LogP contribution < -0.4 is 4.90 Å². The fourth-order valence-electron chi connectivity index (χ4n) is 12.0. The van der Waals surface area contributed by atoms with E-state index in [-0.39, 0.29) is 22.2 Å². The monoisotopic (exact) mass is 797 g/mol. The Bertz CT molecular complexity index is 3140. The molecule has 0 bridgehead atoms. The van der Waals surface area contributed by atoms with Crippen LogP contribution in [0.1, 0.15) is 79.8 Å². The third kappa shape index (κ3) is 5.40. The lowest BCUT2D eigenvalue weighted by molar-refractivity contribution is 0.332. The lowest BCUT2D eigenvalue weighted by Crippen LogP contribution is -2.33. The summed E-state index contributed by atoms with van der Waals surface area (Å²) in [6, 6.07) is 66.9. The van der Waals surface area contributed by atoms with Crippen LogP contribution in [0.3, 0.4) is 0 Å². The third-order valence-electron chi connectivity index (χ3n) is 15.2. The topological polar surface area (TPSA) is 3.24 Å². The highest BCUT2D eigenvalue weighted by molar-refractivity contribution is 5.98. The van der Waals surface area contributed by atoms with Crippen LogP contribution in [0.4, 0.5) is 17.1 Å². The van der Waals surface area contributed by atoms with E-state index in [4.69, 9.17) is 0 Å². The van der Waals surface area contributed by atoms with Crippen molar-refractivity contribution in [2.24, 2.45) is 5.92 Å². The Hall–Kier alpha value is -6.70. The summed E-state index contributed by atoms with van der Waals surface area (Å²) < 4.78 is 0. The van der Waals surface area contributed by atoms with Gasteiger partial charge in [0.2, 0.25) is 0 Å². The van der Waals surface area contributed by atoms with Gasteiger partial charge < -0.3 is 4.90 Å². The summed E-state index contributed by atoms with van der Waals surface area (Å²) >= 11 is 0. The van der Waals surface area contributed by atoms with E-state index < -0.39 is 0 Å². The van der Waals surface area contributed by atoms with Crippen molar-refractivity contribution in [1.82, 2.24) is 0 Å². The molecule has 12 rings (SSSR count). The molecule has 300 valence electrons. The van der Waals surface area contributed by atoms with Gasteiger partial charge in [0, 0.05) is 28.8 Å². The maximum atomic E-state index is 2.58. The largest absolute Gasteiger partial charge is 0.310 e. The Morgan fingerprint density at radius 2 is 1.08 bits per heavy atom. The van der Waals surface area contributed by atoms with Crippen molar-refractivity contribution >= 4 is 27.8 Å². The van der Waals surface area contributed by atoms with E-state index in [1.807, 2.05) is 0 Å². The van der Waals surface area contributed by atoms with Gasteiger partial charge >= 0.3 is 0 Å². The second-order valence-corrected chi connectivity index (χ2v) is 19.5. The lowest BCUT2D eigenvalue weighted by Gasteiger charge is -2.42. The molecule has 0 amide bonds. The van der Waals surface area contributed by atoms with Gasteiger partial charge in [-0.25, -0.2) is 0 Å². The molecule has 0 aromatic heterocycles. The third-order valence-corrected chi connectivity index (χ3v) is 15.2. The molecule has 0 aliphatic heterocycles. The van der Waals surface area contributed by atoms with Gasteiger partial charge in [0.15, 0.2) is 0 Å². The van der Waals surface area contributed by atoms with Crippen molar-refractivity contribution in [1.29, 1.82) is 0 Å². The maximum Gasteiger partial charge on any atom is 0.0543 e. The summed E-state index contributed by atoms with van der Waals surface area (Å²) in [5, 5.41) is 2.47. The van der Waals surface area contributed by atoms with E-state index in [1.54, 1.807) is 0 Å². The minimum absolute atomic E-state index is 0.154. The van der Waals surface area contributed by atoms with Gasteiger partial charge in [-0.05, 0) is 132 Å². The van der Waals surface area contributed by atoms with Gasteiger partial charge in [0.1, 0.15) is 0 Å². The molecule has 3 unspecified atom stereocenters. The van der Waals surface area contributed by atoms with Gasteiger partial charge in [0.25, 0.3) is 0 Å². The molecule has 1 nitrogen and oxygen atoms in total. The van der Waals surface area contributed by atoms with Gasteiger partial charge in [-0.1, -0.05) is 192 Å². The quantitative estimate of drug-likeness (QED) is 0.168. The van der Waals surface area contributed by atoms with Crippen LogP contribution in [0.25, 0.3) is 44.2 Å². The summed E-state index contributed by atoms with van der Waals surface area (Å²) in [6.45, 7) is 9.66. The lowest BCUT2D eigenvalue weighted by atomic mass is 9.63. The molecule has 8 aromatic carbocycles. The SMILES string of the molecule is CC1(C)CCC(C)(C)c2cc(-c3ccc(-c4cc5c(cc4N(c4ccccc4)c4ccc6ccccc6c4)C4(c6ccccc6-5)c5ccccc5C5C=CC=CC54)cc3)ccc21. The second-order valence-electron chi connectivity index (χ2n) is 19.5. The van der Waals surface area contributed by atoms with Crippen LogP contribution in [0.5, 0.6) is 0 Å². The van der Waals surface area contributed by atoms with E-state index in [0.29, 0.717) is 5.92 Å². The Kier molecular flexibility index (Phi) is 8.17. The van der Waals surface area contributed by atoms with E-state index in [9.17, 15) is 0 Å². The minimum atomic E-state index is -0.341. The van der Waals surface area contributed by atoms with Crippen LogP contribution in [-0.2, 0) is 16.2 Å². The smallest absolute Gasteiger partial charge is 0.0543 e. The predicted molar refractivity (Wildman–Crippen MR) is 261 cm³/mol. The van der Waals surface area contributed by atoms with Crippen molar-refractivity contribution in [3.8, 4) is 33.4 Å². The number of para-hydroxylation sites is 1. The summed E-state index contributed by atoms with van der Waals surface area (Å²) in [5.74, 6) is 0.556. The standard InChI is InChI=1S/C61H51N/c1-59(2)34-35-60(3,4)57-37-44(31-33-55(57)59)41-26-28-42(29-27-41)50-38-51-49-22-12-15-25-54(49)61(52-23-13-10-20-47(52)48-21-11-14-24-53(48)61)56(51)39-58(50)62(45-18-6-5-7-19-45)46-32-30-40-16-8-9-17-43(40)36-46/h5-33,36-39,47,52H,34-35H2,1-4H3. The number of anilines is 3. The van der Waals surface area contributed by atoms with Crippen molar-refractivity contribution in [3.63, 3.8) is 0 Å². The zero-order valence-corrected chi connectivity index (χ0v) is 36.1. The highest BCUT2D eigenvalue weighted by Gasteiger charge is 2.57. The predicted octanol–water partition coefficient (Wildman–Crippen LogP) is 16.1. The number of rotatable bonds is 5. The number of nitrogens with zero attached hydrogens (tertiary/aromatic N) is 1. The first-order chi connectivity index (χ1) is 30.2. The first-order valence-corrected chi connectivity index (χ1v) is 22.6.